The van der Waals surface area contributed by atoms with Gasteiger partial charge in [0.05, 0.1) is 21.4 Å². The van der Waals surface area contributed by atoms with E-state index in [-0.39, 0.29) is 5.82 Å². The molecule has 1 aromatic carbocycles. The lowest BCUT2D eigenvalue weighted by atomic mass is 10.3. The molecule has 2 aromatic rings. The predicted octanol–water partition coefficient (Wildman–Crippen LogP) is 4.41. The Kier molecular flexibility index (Phi) is 6.02. The van der Waals surface area contributed by atoms with Gasteiger partial charge in [0.1, 0.15) is 11.6 Å². The predicted molar refractivity (Wildman–Crippen MR) is 89.4 cm³/mol. The van der Waals surface area contributed by atoms with Crippen molar-refractivity contribution in [2.75, 3.05) is 19.6 Å². The second-order valence-corrected chi connectivity index (χ2v) is 6.12. The van der Waals surface area contributed by atoms with Crippen LogP contribution < -0.4 is 0 Å². The third-order valence-electron chi connectivity index (χ3n) is 3.62. The number of aromatic nitrogens is 2. The molecule has 21 heavy (non-hydrogen) atoms. The summed E-state index contributed by atoms with van der Waals surface area (Å²) < 4.78 is 16.2. The Bertz CT molecular complexity index is 614. The first-order valence-corrected chi connectivity index (χ1v) is 8.55. The average Bonchev–Trinajstić information content (AvgIpc) is 2.81. The van der Waals surface area contributed by atoms with E-state index in [1.54, 1.807) is 6.07 Å². The minimum absolute atomic E-state index is 0.297. The molecule has 0 saturated carbocycles. The number of hydrogen-bond acceptors (Lipinski definition) is 2. The third kappa shape index (κ3) is 3.76. The third-order valence-corrected chi connectivity index (χ3v) is 4.46. The Hall–Kier alpha value is -0.650. The van der Waals surface area contributed by atoms with Crippen LogP contribution in [0.15, 0.2) is 16.6 Å². The summed E-state index contributed by atoms with van der Waals surface area (Å²) in [6.07, 6.45) is 1.14. The molecule has 116 valence electrons. The molecule has 0 unspecified atom stereocenters. The topological polar surface area (TPSA) is 21.1 Å². The molecule has 0 atom stereocenters. The number of alkyl halides is 1. The lowest BCUT2D eigenvalue weighted by Crippen LogP contribution is -2.28. The maximum atomic E-state index is 13.6. The normalized spacial score (nSPS) is 11.7. The van der Waals surface area contributed by atoms with E-state index in [0.717, 1.165) is 43.9 Å². The fourth-order valence-corrected chi connectivity index (χ4v) is 3.04. The van der Waals surface area contributed by atoms with Crippen LogP contribution in [0.4, 0.5) is 4.39 Å². The van der Waals surface area contributed by atoms with E-state index in [4.69, 9.17) is 11.6 Å². The van der Waals surface area contributed by atoms with Crippen molar-refractivity contribution in [2.45, 2.75) is 32.7 Å². The van der Waals surface area contributed by atoms with Crippen LogP contribution in [0.25, 0.3) is 11.0 Å². The molecule has 0 aliphatic carbocycles. The van der Waals surface area contributed by atoms with Crippen molar-refractivity contribution < 1.29 is 4.39 Å². The summed E-state index contributed by atoms with van der Waals surface area (Å²) in [4.78, 5) is 6.83. The van der Waals surface area contributed by atoms with Gasteiger partial charge in [-0.1, -0.05) is 13.8 Å². The quantitative estimate of drug-likeness (QED) is 0.667. The van der Waals surface area contributed by atoms with Crippen molar-refractivity contribution in [2.24, 2.45) is 0 Å². The summed E-state index contributed by atoms with van der Waals surface area (Å²) in [6, 6.07) is 3.24. The maximum Gasteiger partial charge on any atom is 0.139 e. The van der Waals surface area contributed by atoms with E-state index >= 15 is 0 Å². The summed E-state index contributed by atoms with van der Waals surface area (Å²) in [6.45, 7) is 8.20. The van der Waals surface area contributed by atoms with E-state index in [1.165, 1.54) is 6.07 Å². The largest absolute Gasteiger partial charge is 0.326 e. The molecule has 0 spiro atoms. The Morgan fingerprint density at radius 3 is 2.71 bits per heavy atom. The summed E-state index contributed by atoms with van der Waals surface area (Å²) >= 11 is 9.23. The van der Waals surface area contributed by atoms with Crippen LogP contribution in [0, 0.1) is 5.82 Å². The second kappa shape index (κ2) is 7.56. The molecule has 0 bridgehead atoms. The molecule has 0 amide bonds. The monoisotopic (exact) mass is 375 g/mol. The molecular formula is C15H20BrClFN3. The van der Waals surface area contributed by atoms with Crippen molar-refractivity contribution in [3.05, 3.63) is 28.2 Å². The van der Waals surface area contributed by atoms with Crippen LogP contribution in [0.5, 0.6) is 0 Å². The summed E-state index contributed by atoms with van der Waals surface area (Å²) in [5, 5.41) is 0. The van der Waals surface area contributed by atoms with Crippen LogP contribution in [-0.2, 0) is 12.4 Å². The highest BCUT2D eigenvalue weighted by Gasteiger charge is 2.13. The fraction of sp³-hybridized carbons (Fsp3) is 0.533. The molecule has 0 fully saturated rings. The molecule has 1 heterocycles. The van der Waals surface area contributed by atoms with Crippen LogP contribution in [0.2, 0.25) is 0 Å². The number of benzene rings is 1. The van der Waals surface area contributed by atoms with Crippen molar-refractivity contribution in [1.29, 1.82) is 0 Å². The summed E-state index contributed by atoms with van der Waals surface area (Å²) in [7, 11) is 0. The lowest BCUT2D eigenvalue weighted by Gasteiger charge is -2.20. The Balaban J connectivity index is 2.30. The minimum Gasteiger partial charge on any atom is -0.326 e. The Morgan fingerprint density at radius 1 is 1.33 bits per heavy atom. The van der Waals surface area contributed by atoms with Crippen LogP contribution in [0.1, 0.15) is 26.1 Å². The van der Waals surface area contributed by atoms with Gasteiger partial charge in [-0.25, -0.2) is 9.37 Å². The van der Waals surface area contributed by atoms with Crippen LogP contribution >= 0.6 is 27.5 Å². The minimum atomic E-state index is -0.297. The highest BCUT2D eigenvalue weighted by Crippen LogP contribution is 2.25. The zero-order valence-corrected chi connectivity index (χ0v) is 14.7. The van der Waals surface area contributed by atoms with Crippen molar-refractivity contribution in [3.8, 4) is 0 Å². The molecule has 0 aliphatic heterocycles. The molecular weight excluding hydrogens is 357 g/mol. The molecule has 0 aliphatic rings. The Labute approximate surface area is 138 Å². The number of halogens is 3. The van der Waals surface area contributed by atoms with Crippen LogP contribution in [0.3, 0.4) is 0 Å². The lowest BCUT2D eigenvalue weighted by molar-refractivity contribution is 0.277. The van der Waals surface area contributed by atoms with E-state index in [1.807, 2.05) is 0 Å². The zero-order chi connectivity index (χ0) is 15.4. The standard InChI is InChI=1S/C15H20BrClFN3/c1-3-5-20(4-2)6-7-21-14-8-11(16)12(18)9-13(14)19-15(21)10-17/h8-9H,3-7,10H2,1-2H3. The van der Waals surface area contributed by atoms with Gasteiger partial charge < -0.3 is 9.47 Å². The van der Waals surface area contributed by atoms with Crippen molar-refractivity contribution in [3.63, 3.8) is 0 Å². The van der Waals surface area contributed by atoms with Gasteiger partial charge in [0.25, 0.3) is 0 Å². The first-order valence-electron chi connectivity index (χ1n) is 7.23. The van der Waals surface area contributed by atoms with Crippen molar-refractivity contribution in [1.82, 2.24) is 14.5 Å². The number of likely N-dealkylation sites (N-methyl/N-ethyl adjacent to an activating group) is 1. The first-order chi connectivity index (χ1) is 10.1. The van der Waals surface area contributed by atoms with Gasteiger partial charge in [-0.15, -0.1) is 11.6 Å². The van der Waals surface area contributed by atoms with E-state index in [2.05, 4.69) is 44.2 Å². The van der Waals surface area contributed by atoms with E-state index < -0.39 is 0 Å². The maximum absolute atomic E-state index is 13.6. The van der Waals surface area contributed by atoms with Gasteiger partial charge in [0.15, 0.2) is 0 Å². The molecule has 1 aromatic heterocycles. The van der Waals surface area contributed by atoms with Crippen molar-refractivity contribution >= 4 is 38.6 Å². The van der Waals surface area contributed by atoms with Gasteiger partial charge in [-0.2, -0.15) is 0 Å². The highest BCUT2D eigenvalue weighted by molar-refractivity contribution is 9.10. The fourth-order valence-electron chi connectivity index (χ4n) is 2.51. The SMILES string of the molecule is CCCN(CC)CCn1c(CCl)nc2cc(F)c(Br)cc21. The Morgan fingerprint density at radius 2 is 2.10 bits per heavy atom. The van der Waals surface area contributed by atoms with Gasteiger partial charge in [0, 0.05) is 19.2 Å². The average molecular weight is 377 g/mol. The first kappa shape index (κ1) is 16.7. The number of nitrogens with zero attached hydrogens (tertiary/aromatic N) is 3. The number of imidazole rings is 1. The number of fused-ring (bicyclic) bond motifs is 1. The summed E-state index contributed by atoms with van der Waals surface area (Å²) in [5.74, 6) is 0.819. The summed E-state index contributed by atoms with van der Waals surface area (Å²) in [5.41, 5.74) is 1.58. The number of hydrogen-bond donors (Lipinski definition) is 0. The van der Waals surface area contributed by atoms with E-state index in [9.17, 15) is 4.39 Å². The van der Waals surface area contributed by atoms with Gasteiger partial charge in [-0.05, 0) is 41.5 Å². The number of rotatable bonds is 7. The molecule has 3 nitrogen and oxygen atoms in total. The molecule has 0 saturated heterocycles. The smallest absolute Gasteiger partial charge is 0.139 e. The molecule has 0 radical (unpaired) electrons. The van der Waals surface area contributed by atoms with Gasteiger partial charge >= 0.3 is 0 Å². The van der Waals surface area contributed by atoms with Crippen LogP contribution in [-0.4, -0.2) is 34.1 Å². The molecule has 2 rings (SSSR count). The molecule has 6 heteroatoms. The van der Waals surface area contributed by atoms with Gasteiger partial charge in [0.2, 0.25) is 0 Å². The van der Waals surface area contributed by atoms with E-state index in [0.29, 0.717) is 15.9 Å². The molecule has 0 N–H and O–H groups in total. The second-order valence-electron chi connectivity index (χ2n) is 5.00. The van der Waals surface area contributed by atoms with Gasteiger partial charge in [-0.3, -0.25) is 0 Å². The zero-order valence-electron chi connectivity index (χ0n) is 12.4. The highest BCUT2D eigenvalue weighted by atomic mass is 79.9.